The molecule has 0 unspecified atom stereocenters. The van der Waals surface area contributed by atoms with Crippen LogP contribution in [0, 0.1) is 6.92 Å². The second kappa shape index (κ2) is 5.65. The lowest BCUT2D eigenvalue weighted by molar-refractivity contribution is 0.111. The summed E-state index contributed by atoms with van der Waals surface area (Å²) in [5.74, 6) is 0.725. The van der Waals surface area contributed by atoms with E-state index in [-0.39, 0.29) is 0 Å². The van der Waals surface area contributed by atoms with Crippen LogP contribution in [0.25, 0.3) is 4.96 Å². The van der Waals surface area contributed by atoms with Gasteiger partial charge in [0.25, 0.3) is 0 Å². The molecule has 0 aliphatic carbocycles. The van der Waals surface area contributed by atoms with Gasteiger partial charge in [-0.15, -0.1) is 11.3 Å². The molecule has 108 valence electrons. The lowest BCUT2D eigenvalue weighted by atomic mass is 10.3. The average Bonchev–Trinajstić information content (AvgIpc) is 3.05. The van der Waals surface area contributed by atoms with Crippen LogP contribution in [0.15, 0.2) is 29.8 Å². The summed E-state index contributed by atoms with van der Waals surface area (Å²) in [4.78, 5) is 23.4. The predicted octanol–water partition coefficient (Wildman–Crippen LogP) is 2.94. The minimum atomic E-state index is 0.598. The molecule has 21 heavy (non-hydrogen) atoms. The molecule has 3 rings (SSSR count). The number of rotatable bonds is 5. The Morgan fingerprint density at radius 2 is 2.24 bits per heavy atom. The van der Waals surface area contributed by atoms with Gasteiger partial charge in [0.2, 0.25) is 0 Å². The number of imidazole rings is 1. The highest BCUT2D eigenvalue weighted by atomic mass is 32.1. The minimum Gasteiger partial charge on any atom is -0.349 e. The summed E-state index contributed by atoms with van der Waals surface area (Å²) in [6, 6.07) is 5.97. The highest BCUT2D eigenvalue weighted by Crippen LogP contribution is 2.24. The van der Waals surface area contributed by atoms with E-state index in [0.717, 1.165) is 35.0 Å². The van der Waals surface area contributed by atoms with Gasteiger partial charge in [-0.25, -0.2) is 4.98 Å². The molecule has 0 aliphatic rings. The number of pyridine rings is 1. The lowest BCUT2D eigenvalue weighted by Crippen LogP contribution is -2.24. The van der Waals surface area contributed by atoms with Crippen molar-refractivity contribution in [1.82, 2.24) is 14.4 Å². The van der Waals surface area contributed by atoms with Crippen molar-refractivity contribution >= 4 is 28.4 Å². The summed E-state index contributed by atoms with van der Waals surface area (Å²) < 4.78 is 1.83. The molecular weight excluding hydrogens is 284 g/mol. The van der Waals surface area contributed by atoms with Crippen molar-refractivity contribution < 1.29 is 4.79 Å². The molecule has 3 heterocycles. The lowest BCUT2D eigenvalue weighted by Gasteiger charge is -2.20. The van der Waals surface area contributed by atoms with E-state index in [2.05, 4.69) is 21.8 Å². The van der Waals surface area contributed by atoms with E-state index in [9.17, 15) is 4.79 Å². The Kier molecular flexibility index (Phi) is 3.70. The molecule has 0 fully saturated rings. The molecule has 0 saturated carbocycles. The first-order chi connectivity index (χ1) is 10.2. The van der Waals surface area contributed by atoms with Crippen molar-refractivity contribution in [2.45, 2.75) is 20.4 Å². The van der Waals surface area contributed by atoms with Crippen LogP contribution in [0.4, 0.5) is 5.82 Å². The monoisotopic (exact) mass is 300 g/mol. The number of carbonyl (C=O) groups excluding carboxylic acids is 1. The molecule has 3 aromatic rings. The predicted molar refractivity (Wildman–Crippen MR) is 84.2 cm³/mol. The van der Waals surface area contributed by atoms with Crippen LogP contribution < -0.4 is 4.90 Å². The summed E-state index contributed by atoms with van der Waals surface area (Å²) in [5, 5.41) is 1.93. The smallest absolute Gasteiger partial charge is 0.196 e. The molecule has 0 atom stereocenters. The maximum absolute atomic E-state index is 11.4. The van der Waals surface area contributed by atoms with E-state index in [4.69, 9.17) is 0 Å². The van der Waals surface area contributed by atoms with E-state index in [1.807, 2.05) is 41.1 Å². The third kappa shape index (κ3) is 2.54. The minimum absolute atomic E-state index is 0.598. The first-order valence-corrected chi connectivity index (χ1v) is 7.69. The molecule has 0 bridgehead atoms. The highest BCUT2D eigenvalue weighted by Gasteiger charge is 2.18. The van der Waals surface area contributed by atoms with Crippen LogP contribution in [0.1, 0.15) is 28.8 Å². The molecular formula is C15H16N4OS. The third-order valence-corrected chi connectivity index (χ3v) is 4.13. The molecule has 0 spiro atoms. The Hall–Kier alpha value is -2.21. The summed E-state index contributed by atoms with van der Waals surface area (Å²) in [5.41, 5.74) is 2.57. The van der Waals surface area contributed by atoms with Gasteiger partial charge in [0.15, 0.2) is 17.1 Å². The van der Waals surface area contributed by atoms with E-state index in [1.165, 1.54) is 11.3 Å². The molecule has 0 amide bonds. The Labute approximate surface area is 126 Å². The topological polar surface area (TPSA) is 50.5 Å². The van der Waals surface area contributed by atoms with E-state index in [0.29, 0.717) is 12.2 Å². The number of thiazole rings is 1. The number of hydrogen-bond acceptors (Lipinski definition) is 5. The van der Waals surface area contributed by atoms with Gasteiger partial charge < -0.3 is 4.90 Å². The number of aryl methyl sites for hydroxylation is 1. The molecule has 3 aromatic heterocycles. The van der Waals surface area contributed by atoms with Gasteiger partial charge in [0, 0.05) is 23.8 Å². The van der Waals surface area contributed by atoms with Crippen molar-refractivity contribution in [2.24, 2.45) is 0 Å². The summed E-state index contributed by atoms with van der Waals surface area (Å²) in [6.45, 7) is 5.44. The van der Waals surface area contributed by atoms with Gasteiger partial charge in [-0.3, -0.25) is 14.2 Å². The van der Waals surface area contributed by atoms with E-state index in [1.54, 1.807) is 0 Å². The first kappa shape index (κ1) is 13.8. The second-order valence-electron chi connectivity index (χ2n) is 4.78. The van der Waals surface area contributed by atoms with Gasteiger partial charge in [-0.2, -0.15) is 0 Å². The van der Waals surface area contributed by atoms with Crippen molar-refractivity contribution in [3.8, 4) is 0 Å². The molecule has 5 nitrogen and oxygen atoms in total. The SMILES string of the molecule is CCN(Cc1cccc(C)n1)c1nc2sccn2c1C=O. The summed E-state index contributed by atoms with van der Waals surface area (Å²) in [6.07, 6.45) is 2.74. The highest BCUT2D eigenvalue weighted by molar-refractivity contribution is 7.15. The maximum Gasteiger partial charge on any atom is 0.196 e. The van der Waals surface area contributed by atoms with Gasteiger partial charge in [-0.1, -0.05) is 6.07 Å². The standard InChI is InChI=1S/C15H16N4OS/c1-3-18(9-12-6-4-5-11(2)16-12)14-13(10-20)19-7-8-21-15(19)17-14/h4-8,10H,3,9H2,1-2H3. The number of aldehydes is 1. The van der Waals surface area contributed by atoms with Crippen molar-refractivity contribution in [3.63, 3.8) is 0 Å². The Morgan fingerprint density at radius 1 is 1.38 bits per heavy atom. The molecule has 0 aliphatic heterocycles. The fourth-order valence-corrected chi connectivity index (χ4v) is 3.07. The van der Waals surface area contributed by atoms with Crippen LogP contribution in [0.5, 0.6) is 0 Å². The van der Waals surface area contributed by atoms with Gasteiger partial charge in [-0.05, 0) is 26.0 Å². The van der Waals surface area contributed by atoms with Gasteiger partial charge in [0.1, 0.15) is 5.69 Å². The fraction of sp³-hybridized carbons (Fsp3) is 0.267. The maximum atomic E-state index is 11.4. The third-order valence-electron chi connectivity index (χ3n) is 3.37. The van der Waals surface area contributed by atoms with Crippen molar-refractivity contribution in [2.75, 3.05) is 11.4 Å². The second-order valence-corrected chi connectivity index (χ2v) is 5.65. The number of hydrogen-bond donors (Lipinski definition) is 0. The molecule has 0 N–H and O–H groups in total. The van der Waals surface area contributed by atoms with E-state index >= 15 is 0 Å². The largest absolute Gasteiger partial charge is 0.349 e. The number of carbonyl (C=O) groups is 1. The van der Waals surface area contributed by atoms with Gasteiger partial charge >= 0.3 is 0 Å². The number of nitrogens with zero attached hydrogens (tertiary/aromatic N) is 4. The van der Waals surface area contributed by atoms with Crippen molar-refractivity contribution in [3.05, 3.63) is 46.9 Å². The fourth-order valence-electron chi connectivity index (χ4n) is 2.35. The number of anilines is 1. The molecule has 6 heteroatoms. The molecule has 0 saturated heterocycles. The zero-order valence-electron chi connectivity index (χ0n) is 12.0. The Morgan fingerprint density at radius 3 is 2.95 bits per heavy atom. The van der Waals surface area contributed by atoms with Crippen LogP contribution in [-0.4, -0.2) is 27.2 Å². The zero-order chi connectivity index (χ0) is 14.8. The quantitative estimate of drug-likeness (QED) is 0.680. The van der Waals surface area contributed by atoms with Crippen LogP contribution in [0.3, 0.4) is 0 Å². The van der Waals surface area contributed by atoms with Gasteiger partial charge in [0.05, 0.1) is 12.2 Å². The summed E-state index contributed by atoms with van der Waals surface area (Å²) in [7, 11) is 0. The van der Waals surface area contributed by atoms with Crippen LogP contribution in [-0.2, 0) is 6.54 Å². The summed E-state index contributed by atoms with van der Waals surface area (Å²) >= 11 is 1.52. The van der Waals surface area contributed by atoms with Crippen LogP contribution >= 0.6 is 11.3 Å². The normalized spacial score (nSPS) is 11.0. The number of fused-ring (bicyclic) bond motifs is 1. The number of aromatic nitrogens is 3. The van der Waals surface area contributed by atoms with Crippen molar-refractivity contribution in [1.29, 1.82) is 0 Å². The molecule has 0 radical (unpaired) electrons. The first-order valence-electron chi connectivity index (χ1n) is 6.81. The average molecular weight is 300 g/mol. The van der Waals surface area contributed by atoms with Crippen LogP contribution in [0.2, 0.25) is 0 Å². The molecule has 0 aromatic carbocycles. The zero-order valence-corrected chi connectivity index (χ0v) is 12.8. The Bertz CT molecular complexity index is 777. The van der Waals surface area contributed by atoms with E-state index < -0.39 is 0 Å². The Balaban J connectivity index is 1.98.